The minimum atomic E-state index is -0.910. The van der Waals surface area contributed by atoms with E-state index < -0.39 is 12.2 Å². The molecule has 4 N–H and O–H groups in total. The van der Waals surface area contributed by atoms with Crippen molar-refractivity contribution >= 4 is 21.6 Å². The number of aromatic hydroxyl groups is 2. The molecule has 3 aromatic rings. The first-order chi connectivity index (χ1) is 22.4. The van der Waals surface area contributed by atoms with E-state index in [1.54, 1.807) is 29.0 Å². The number of phenols is 2. The Labute approximate surface area is 277 Å². The van der Waals surface area contributed by atoms with Crippen LogP contribution in [0.25, 0.3) is 11.1 Å². The normalized spacial score (nSPS) is 26.4. The predicted molar refractivity (Wildman–Crippen MR) is 181 cm³/mol. The van der Waals surface area contributed by atoms with Gasteiger partial charge in [0, 0.05) is 39.7 Å². The van der Waals surface area contributed by atoms with E-state index in [-0.39, 0.29) is 48.0 Å². The fourth-order valence-corrected chi connectivity index (χ4v) is 10.6. The lowest BCUT2D eigenvalue weighted by Gasteiger charge is -2.41. The minimum Gasteiger partial charge on any atom is -0.508 e. The van der Waals surface area contributed by atoms with E-state index in [0.717, 1.165) is 59.9 Å². The van der Waals surface area contributed by atoms with E-state index in [2.05, 4.69) is 12.2 Å². The molecular formula is C36H40O8S2. The Bertz CT molecular complexity index is 1620. The van der Waals surface area contributed by atoms with Gasteiger partial charge in [-0.3, -0.25) is 0 Å². The number of aliphatic hydroxyl groups excluding tert-OH is 2. The zero-order valence-electron chi connectivity index (χ0n) is 26.0. The van der Waals surface area contributed by atoms with Gasteiger partial charge in [0.2, 0.25) is 5.75 Å². The molecule has 0 saturated carbocycles. The van der Waals surface area contributed by atoms with Gasteiger partial charge in [-0.05, 0) is 84.9 Å². The van der Waals surface area contributed by atoms with Gasteiger partial charge in [-0.15, -0.1) is 0 Å². The van der Waals surface area contributed by atoms with Gasteiger partial charge >= 0.3 is 0 Å². The molecule has 3 aromatic carbocycles. The fourth-order valence-electron chi connectivity index (χ4n) is 7.69. The first kappa shape index (κ1) is 31.4. The molecule has 0 unspecified atom stereocenters. The van der Waals surface area contributed by atoms with Gasteiger partial charge in [0.05, 0.1) is 20.8 Å². The molecule has 2 heterocycles. The molecule has 46 heavy (non-hydrogen) atoms. The van der Waals surface area contributed by atoms with E-state index in [1.807, 2.05) is 29.0 Å². The fraction of sp³-hybridized carbons (Fsp3) is 0.444. The quantitative estimate of drug-likeness (QED) is 0.164. The summed E-state index contributed by atoms with van der Waals surface area (Å²) in [4.78, 5) is 0. The summed E-state index contributed by atoms with van der Waals surface area (Å²) in [5.41, 5.74) is 5.78. The molecule has 10 heteroatoms. The lowest BCUT2D eigenvalue weighted by atomic mass is 9.71. The Hall–Kier alpha value is -3.18. The van der Waals surface area contributed by atoms with Crippen LogP contribution in [0.15, 0.2) is 48.6 Å². The lowest BCUT2D eigenvalue weighted by molar-refractivity contribution is 0.00415. The summed E-state index contributed by atoms with van der Waals surface area (Å²) in [5, 5.41) is 43.6. The Balaban J connectivity index is 1.42. The van der Waals surface area contributed by atoms with Crippen LogP contribution in [-0.2, 0) is 6.42 Å². The third kappa shape index (κ3) is 5.67. The molecule has 0 aromatic heterocycles. The van der Waals surface area contributed by atoms with E-state index >= 15 is 0 Å². The molecule has 0 amide bonds. The minimum absolute atomic E-state index is 0.114. The average molecular weight is 665 g/mol. The molecule has 0 saturated heterocycles. The molecule has 2 aliphatic heterocycles. The molecule has 4 bridgehead atoms. The zero-order chi connectivity index (χ0) is 31.9. The highest BCUT2D eigenvalue weighted by molar-refractivity contribution is 8.77. The molecule has 0 fully saturated rings. The van der Waals surface area contributed by atoms with Crippen LogP contribution in [-0.4, -0.2) is 65.0 Å². The van der Waals surface area contributed by atoms with E-state index in [1.165, 1.54) is 14.2 Å². The van der Waals surface area contributed by atoms with Crippen LogP contribution in [0.2, 0.25) is 0 Å². The number of ether oxygens (including phenoxy) is 4. The van der Waals surface area contributed by atoms with Gasteiger partial charge < -0.3 is 39.4 Å². The maximum atomic E-state index is 12.2. The number of methoxy groups -OCH3 is 2. The van der Waals surface area contributed by atoms with E-state index in [9.17, 15) is 20.4 Å². The zero-order valence-corrected chi connectivity index (χ0v) is 27.6. The third-order valence-electron chi connectivity index (χ3n) is 9.87. The van der Waals surface area contributed by atoms with Crippen LogP contribution in [0.3, 0.4) is 0 Å². The highest BCUT2D eigenvalue weighted by Crippen LogP contribution is 2.57. The number of aliphatic hydroxyl groups is 2. The smallest absolute Gasteiger partial charge is 0.200 e. The predicted octanol–water partition coefficient (Wildman–Crippen LogP) is 6.88. The topological polar surface area (TPSA) is 118 Å². The van der Waals surface area contributed by atoms with Crippen molar-refractivity contribution in [3.8, 4) is 45.6 Å². The van der Waals surface area contributed by atoms with Crippen LogP contribution in [0.4, 0.5) is 0 Å². The summed E-state index contributed by atoms with van der Waals surface area (Å²) in [7, 11) is 6.63. The summed E-state index contributed by atoms with van der Waals surface area (Å²) < 4.78 is 23.8. The first-order valence-electron chi connectivity index (χ1n) is 15.9. The summed E-state index contributed by atoms with van der Waals surface area (Å²) in [6, 6.07) is 10.9. The molecule has 244 valence electrons. The van der Waals surface area contributed by atoms with Gasteiger partial charge in [-0.1, -0.05) is 39.8 Å². The standard InChI is InChI=1S/C36H40O8S2/c1-41-30-14-21(15-31(42-2)35(30)40)36-34(39)27-18-45-46-23-5-3-4-19(12-23)6-7-20-13-26-32(24-9-8-22(38)16-25(20)24)28(43-11-10-37)17-29(44-36)33(26)27/h3,5,8-9,14-17,19-20,23,27,34,36-40H,4,6-7,10-13,18H2,1-2H3/t19-,20-,23-,27+,34-,36+/m1/s1. The van der Waals surface area contributed by atoms with Crippen LogP contribution < -0.4 is 18.9 Å². The van der Waals surface area contributed by atoms with Crippen LogP contribution >= 0.6 is 21.6 Å². The Kier molecular flexibility index (Phi) is 8.98. The summed E-state index contributed by atoms with van der Waals surface area (Å²) >= 11 is 0. The average Bonchev–Trinajstić information content (AvgIpc) is 3.07. The number of fused-ring (bicyclic) bond motifs is 6. The summed E-state index contributed by atoms with van der Waals surface area (Å²) in [6.07, 6.45) is 8.00. The van der Waals surface area contributed by atoms with E-state index in [0.29, 0.717) is 34.0 Å². The summed E-state index contributed by atoms with van der Waals surface area (Å²) in [6.45, 7) is -0.0221. The highest BCUT2D eigenvalue weighted by atomic mass is 33.1. The molecular weight excluding hydrogens is 625 g/mol. The molecule has 0 spiro atoms. The second-order valence-electron chi connectivity index (χ2n) is 12.6. The van der Waals surface area contributed by atoms with Gasteiger partial charge in [-0.25, -0.2) is 0 Å². The van der Waals surface area contributed by atoms with E-state index in [4.69, 9.17) is 18.9 Å². The molecule has 0 radical (unpaired) electrons. The molecule has 8 nitrogen and oxygen atoms in total. The van der Waals surface area contributed by atoms with Crippen molar-refractivity contribution in [1.29, 1.82) is 0 Å². The molecule has 7 rings (SSSR count). The van der Waals surface area contributed by atoms with Crippen LogP contribution in [0.5, 0.6) is 34.5 Å². The van der Waals surface area contributed by atoms with Crippen molar-refractivity contribution in [2.75, 3.05) is 33.2 Å². The van der Waals surface area contributed by atoms with Crippen LogP contribution in [0, 0.1) is 5.92 Å². The highest BCUT2D eigenvalue weighted by Gasteiger charge is 2.44. The number of benzene rings is 3. The molecule has 6 atom stereocenters. The van der Waals surface area contributed by atoms with Crippen molar-refractivity contribution in [2.45, 2.75) is 61.4 Å². The second kappa shape index (κ2) is 13.1. The Morgan fingerprint density at radius 3 is 2.57 bits per heavy atom. The van der Waals surface area contributed by atoms with Crippen molar-refractivity contribution in [1.82, 2.24) is 0 Å². The monoisotopic (exact) mass is 664 g/mol. The first-order valence-corrected chi connectivity index (χ1v) is 18.3. The maximum Gasteiger partial charge on any atom is 0.200 e. The van der Waals surface area contributed by atoms with Crippen molar-refractivity contribution in [2.24, 2.45) is 5.92 Å². The molecule has 4 aliphatic rings. The number of allylic oxidation sites excluding steroid dienone is 1. The summed E-state index contributed by atoms with van der Waals surface area (Å²) in [5.74, 6) is 3.00. The van der Waals surface area contributed by atoms with Crippen molar-refractivity contribution < 1.29 is 39.4 Å². The Morgan fingerprint density at radius 2 is 1.80 bits per heavy atom. The molecule has 2 aliphatic carbocycles. The van der Waals surface area contributed by atoms with Crippen LogP contribution in [0.1, 0.15) is 65.9 Å². The van der Waals surface area contributed by atoms with Gasteiger partial charge in [0.15, 0.2) is 17.6 Å². The van der Waals surface area contributed by atoms with Gasteiger partial charge in [-0.2, -0.15) is 0 Å². The van der Waals surface area contributed by atoms with Gasteiger partial charge in [0.25, 0.3) is 0 Å². The van der Waals surface area contributed by atoms with Crippen molar-refractivity contribution in [3.63, 3.8) is 0 Å². The second-order valence-corrected chi connectivity index (χ2v) is 15.2. The Morgan fingerprint density at radius 1 is 1.00 bits per heavy atom. The number of hydrogen-bond acceptors (Lipinski definition) is 10. The number of rotatable bonds is 6. The maximum absolute atomic E-state index is 12.2. The number of phenolic OH excluding ortho intramolecular Hbond substituents is 2. The number of hydrogen-bond donors (Lipinski definition) is 4. The van der Waals surface area contributed by atoms with Crippen molar-refractivity contribution in [3.05, 3.63) is 70.8 Å². The van der Waals surface area contributed by atoms with Gasteiger partial charge in [0.1, 0.15) is 30.0 Å². The third-order valence-corrected chi connectivity index (χ3v) is 12.7. The lowest BCUT2D eigenvalue weighted by Crippen LogP contribution is -2.37. The largest absolute Gasteiger partial charge is 0.508 e. The SMILES string of the molecule is COc1cc([C@@H]2Oc3cc(OCCO)c4c5c3[C@H](CSS[C@@H]3C=CC[C@H](CC[C@H](C5)c5cc(O)ccc5-4)C3)[C@H]2O)cc(OC)c1O.